The Bertz CT molecular complexity index is 374. The van der Waals surface area contributed by atoms with E-state index in [4.69, 9.17) is 10.5 Å². The number of carbonyl (C=O) groups excluding carboxylic acids is 1. The summed E-state index contributed by atoms with van der Waals surface area (Å²) in [7, 11) is 0. The number of ether oxygens (including phenoxy) is 1. The van der Waals surface area contributed by atoms with Crippen molar-refractivity contribution >= 4 is 5.91 Å². The molecule has 0 spiro atoms. The van der Waals surface area contributed by atoms with Gasteiger partial charge in [0.2, 0.25) is 0 Å². The number of hydrogen-bond donors (Lipinski definition) is 1. The molecule has 0 saturated heterocycles. The molecule has 1 heterocycles. The van der Waals surface area contributed by atoms with Crippen molar-refractivity contribution in [1.29, 1.82) is 0 Å². The van der Waals surface area contributed by atoms with Crippen molar-refractivity contribution in [3.63, 3.8) is 0 Å². The van der Waals surface area contributed by atoms with Gasteiger partial charge in [0.15, 0.2) is 6.10 Å². The zero-order chi connectivity index (χ0) is 10.1. The van der Waals surface area contributed by atoms with Crippen LogP contribution in [0.15, 0.2) is 18.2 Å². The molecular formula is C11H13NO2. The Morgan fingerprint density at radius 3 is 3.07 bits per heavy atom. The van der Waals surface area contributed by atoms with Crippen molar-refractivity contribution in [2.45, 2.75) is 25.9 Å². The minimum atomic E-state index is -0.454. The van der Waals surface area contributed by atoms with E-state index in [9.17, 15) is 4.79 Å². The Kier molecular flexibility index (Phi) is 2.15. The van der Waals surface area contributed by atoms with Crippen LogP contribution < -0.4 is 10.5 Å². The number of aryl methyl sites for hydroxylation is 2. The van der Waals surface area contributed by atoms with Gasteiger partial charge in [0.25, 0.3) is 5.91 Å². The quantitative estimate of drug-likeness (QED) is 0.724. The van der Waals surface area contributed by atoms with Crippen molar-refractivity contribution < 1.29 is 9.53 Å². The smallest absolute Gasteiger partial charge is 0.258 e. The lowest BCUT2D eigenvalue weighted by molar-refractivity contribution is -0.125. The van der Waals surface area contributed by atoms with Gasteiger partial charge in [-0.3, -0.25) is 4.79 Å². The highest BCUT2D eigenvalue weighted by Crippen LogP contribution is 2.28. The number of benzene rings is 1. The van der Waals surface area contributed by atoms with Crippen molar-refractivity contribution in [1.82, 2.24) is 0 Å². The second-order valence-electron chi connectivity index (χ2n) is 3.66. The Morgan fingerprint density at radius 2 is 2.36 bits per heavy atom. The van der Waals surface area contributed by atoms with Gasteiger partial charge in [0.1, 0.15) is 5.75 Å². The van der Waals surface area contributed by atoms with Gasteiger partial charge in [-0.05, 0) is 37.0 Å². The highest BCUT2D eigenvalue weighted by molar-refractivity contribution is 5.79. The fourth-order valence-corrected chi connectivity index (χ4v) is 1.68. The van der Waals surface area contributed by atoms with E-state index in [1.165, 1.54) is 0 Å². The highest BCUT2D eigenvalue weighted by atomic mass is 16.5. The molecule has 0 bridgehead atoms. The summed E-state index contributed by atoms with van der Waals surface area (Å²) in [6, 6.07) is 6.04. The maximum atomic E-state index is 10.9. The minimum absolute atomic E-state index is 0.378. The first-order chi connectivity index (χ1) is 6.66. The average Bonchev–Trinajstić information content (AvgIpc) is 2.16. The Morgan fingerprint density at radius 1 is 1.57 bits per heavy atom. The van der Waals surface area contributed by atoms with Crippen LogP contribution in [0.5, 0.6) is 5.75 Å². The molecule has 0 aromatic heterocycles. The molecule has 2 N–H and O–H groups in total. The first kappa shape index (κ1) is 9.06. The van der Waals surface area contributed by atoms with Crippen LogP contribution in [0, 0.1) is 6.92 Å². The summed E-state index contributed by atoms with van der Waals surface area (Å²) in [5.74, 6) is 0.428. The zero-order valence-electron chi connectivity index (χ0n) is 8.12. The lowest BCUT2D eigenvalue weighted by atomic mass is 10.0. The van der Waals surface area contributed by atoms with E-state index in [0.717, 1.165) is 23.3 Å². The van der Waals surface area contributed by atoms with Crippen LogP contribution in [-0.4, -0.2) is 12.0 Å². The molecule has 1 aliphatic heterocycles. The van der Waals surface area contributed by atoms with Gasteiger partial charge in [-0.15, -0.1) is 0 Å². The van der Waals surface area contributed by atoms with Gasteiger partial charge in [0.05, 0.1) is 0 Å². The van der Waals surface area contributed by atoms with Gasteiger partial charge in [-0.2, -0.15) is 0 Å². The van der Waals surface area contributed by atoms with E-state index in [0.29, 0.717) is 6.42 Å². The average molecular weight is 191 g/mol. The largest absolute Gasteiger partial charge is 0.480 e. The van der Waals surface area contributed by atoms with Crippen LogP contribution >= 0.6 is 0 Å². The molecule has 1 aromatic carbocycles. The zero-order valence-corrected chi connectivity index (χ0v) is 8.12. The van der Waals surface area contributed by atoms with Crippen LogP contribution in [-0.2, 0) is 11.2 Å². The normalized spacial score (nSPS) is 19.6. The summed E-state index contributed by atoms with van der Waals surface area (Å²) >= 11 is 0. The first-order valence-electron chi connectivity index (χ1n) is 4.72. The monoisotopic (exact) mass is 191 g/mol. The van der Waals surface area contributed by atoms with Crippen molar-refractivity contribution in [2.75, 3.05) is 0 Å². The summed E-state index contributed by atoms with van der Waals surface area (Å²) in [5.41, 5.74) is 7.49. The number of primary amides is 1. The predicted molar refractivity (Wildman–Crippen MR) is 53.1 cm³/mol. The number of rotatable bonds is 1. The predicted octanol–water partition coefficient (Wildman–Crippen LogP) is 1.17. The SMILES string of the molecule is Cc1ccc2c(c1)OC(C(N)=O)CC2. The van der Waals surface area contributed by atoms with E-state index < -0.39 is 6.10 Å². The van der Waals surface area contributed by atoms with Gasteiger partial charge < -0.3 is 10.5 Å². The Hall–Kier alpha value is -1.51. The maximum Gasteiger partial charge on any atom is 0.258 e. The number of fused-ring (bicyclic) bond motifs is 1. The number of nitrogens with two attached hydrogens (primary N) is 1. The molecule has 1 aliphatic rings. The van der Waals surface area contributed by atoms with Crippen LogP contribution in [0.1, 0.15) is 17.5 Å². The molecule has 0 aliphatic carbocycles. The molecule has 14 heavy (non-hydrogen) atoms. The fraction of sp³-hybridized carbons (Fsp3) is 0.364. The maximum absolute atomic E-state index is 10.9. The molecule has 0 saturated carbocycles. The van der Waals surface area contributed by atoms with Crippen LogP contribution in [0.25, 0.3) is 0 Å². The van der Waals surface area contributed by atoms with Crippen molar-refractivity contribution in [3.05, 3.63) is 29.3 Å². The molecule has 1 atom stereocenters. The van der Waals surface area contributed by atoms with Gasteiger partial charge in [0, 0.05) is 0 Å². The first-order valence-corrected chi connectivity index (χ1v) is 4.72. The summed E-state index contributed by atoms with van der Waals surface area (Å²) in [4.78, 5) is 10.9. The fourth-order valence-electron chi connectivity index (χ4n) is 1.68. The third kappa shape index (κ3) is 1.58. The standard InChI is InChI=1S/C11H13NO2/c1-7-2-3-8-4-5-9(11(12)13)14-10(8)6-7/h2-3,6,9H,4-5H2,1H3,(H2,12,13). The molecule has 1 aromatic rings. The molecule has 2 rings (SSSR count). The van der Waals surface area contributed by atoms with Crippen LogP contribution in [0.4, 0.5) is 0 Å². The second kappa shape index (κ2) is 3.33. The summed E-state index contributed by atoms with van der Waals surface area (Å²) in [6.45, 7) is 2.00. The lowest BCUT2D eigenvalue weighted by Crippen LogP contribution is -2.36. The van der Waals surface area contributed by atoms with Crippen LogP contribution in [0.3, 0.4) is 0 Å². The Labute approximate surface area is 82.9 Å². The van der Waals surface area contributed by atoms with Crippen LogP contribution in [0.2, 0.25) is 0 Å². The van der Waals surface area contributed by atoms with Crippen molar-refractivity contribution in [2.24, 2.45) is 5.73 Å². The second-order valence-corrected chi connectivity index (χ2v) is 3.66. The van der Waals surface area contributed by atoms with E-state index in [-0.39, 0.29) is 5.91 Å². The minimum Gasteiger partial charge on any atom is -0.480 e. The summed E-state index contributed by atoms with van der Waals surface area (Å²) in [5, 5.41) is 0. The molecular weight excluding hydrogens is 178 g/mol. The summed E-state index contributed by atoms with van der Waals surface area (Å²) < 4.78 is 5.50. The topological polar surface area (TPSA) is 52.3 Å². The van der Waals surface area contributed by atoms with Gasteiger partial charge in [-0.25, -0.2) is 0 Å². The lowest BCUT2D eigenvalue weighted by Gasteiger charge is -2.23. The molecule has 3 heteroatoms. The van der Waals surface area contributed by atoms with E-state index >= 15 is 0 Å². The third-order valence-electron chi connectivity index (χ3n) is 2.49. The van der Waals surface area contributed by atoms with E-state index in [2.05, 4.69) is 0 Å². The Balaban J connectivity index is 2.29. The molecule has 3 nitrogen and oxygen atoms in total. The van der Waals surface area contributed by atoms with Crippen molar-refractivity contribution in [3.8, 4) is 5.75 Å². The molecule has 1 amide bonds. The van der Waals surface area contributed by atoms with Gasteiger partial charge >= 0.3 is 0 Å². The molecule has 0 fully saturated rings. The highest BCUT2D eigenvalue weighted by Gasteiger charge is 2.23. The van der Waals surface area contributed by atoms with E-state index in [1.54, 1.807) is 0 Å². The number of carbonyl (C=O) groups is 1. The van der Waals surface area contributed by atoms with Gasteiger partial charge in [-0.1, -0.05) is 12.1 Å². The summed E-state index contributed by atoms with van der Waals surface area (Å²) in [6.07, 6.45) is 1.10. The molecule has 1 unspecified atom stereocenters. The van der Waals surface area contributed by atoms with E-state index in [1.807, 2.05) is 25.1 Å². The third-order valence-corrected chi connectivity index (χ3v) is 2.49. The molecule has 0 radical (unpaired) electrons. The molecule has 74 valence electrons. The number of amides is 1. The number of hydrogen-bond acceptors (Lipinski definition) is 2.